The van der Waals surface area contributed by atoms with Gasteiger partial charge >= 0.3 is 0 Å². The number of aryl methyl sites for hydroxylation is 3. The van der Waals surface area contributed by atoms with Crippen molar-refractivity contribution in [3.63, 3.8) is 0 Å². The molecule has 1 amide bonds. The fourth-order valence-electron chi connectivity index (χ4n) is 2.41. The van der Waals surface area contributed by atoms with E-state index in [0.29, 0.717) is 10.8 Å². The van der Waals surface area contributed by atoms with Gasteiger partial charge in [0.1, 0.15) is 5.69 Å². The molecule has 4 nitrogen and oxygen atoms in total. The predicted octanol–water partition coefficient (Wildman–Crippen LogP) is 4.02. The largest absolute Gasteiger partial charge is 0.347 e. The summed E-state index contributed by atoms with van der Waals surface area (Å²) in [6, 6.07) is 9.91. The van der Waals surface area contributed by atoms with Gasteiger partial charge in [0.15, 0.2) is 5.13 Å². The van der Waals surface area contributed by atoms with Crippen molar-refractivity contribution in [2.75, 3.05) is 5.32 Å². The molecule has 3 rings (SSSR count). The summed E-state index contributed by atoms with van der Waals surface area (Å²) in [4.78, 5) is 16.7. The third kappa shape index (κ3) is 2.80. The first-order chi connectivity index (χ1) is 10.5. The van der Waals surface area contributed by atoms with Gasteiger partial charge in [0.2, 0.25) is 0 Å². The molecule has 2 aromatic heterocycles. The van der Waals surface area contributed by atoms with Crippen LogP contribution in [0, 0.1) is 13.8 Å². The van der Waals surface area contributed by atoms with Crippen molar-refractivity contribution < 1.29 is 4.79 Å². The molecular formula is C17H17N3OS. The van der Waals surface area contributed by atoms with Crippen LogP contribution in [0.15, 0.2) is 41.9 Å². The van der Waals surface area contributed by atoms with Crippen LogP contribution in [0.4, 0.5) is 5.13 Å². The van der Waals surface area contributed by atoms with Gasteiger partial charge in [-0.05, 0) is 31.5 Å². The van der Waals surface area contributed by atoms with Crippen molar-refractivity contribution in [3.05, 3.63) is 58.7 Å². The topological polar surface area (TPSA) is 46.9 Å². The van der Waals surface area contributed by atoms with Crippen LogP contribution < -0.4 is 5.32 Å². The molecule has 0 saturated carbocycles. The number of hydrogen-bond donors (Lipinski definition) is 1. The molecule has 112 valence electrons. The van der Waals surface area contributed by atoms with E-state index in [0.717, 1.165) is 11.3 Å². The van der Waals surface area contributed by atoms with Crippen LogP contribution in [0.2, 0.25) is 0 Å². The molecule has 0 bridgehead atoms. The number of amides is 1. The summed E-state index contributed by atoms with van der Waals surface area (Å²) >= 11 is 1.44. The van der Waals surface area contributed by atoms with E-state index in [9.17, 15) is 4.79 Å². The minimum absolute atomic E-state index is 0.144. The molecule has 0 aliphatic carbocycles. The maximum atomic E-state index is 12.2. The summed E-state index contributed by atoms with van der Waals surface area (Å²) in [5.74, 6) is -0.144. The Kier molecular flexibility index (Phi) is 3.81. The smallest absolute Gasteiger partial charge is 0.274 e. The second kappa shape index (κ2) is 5.77. The van der Waals surface area contributed by atoms with Crippen LogP contribution >= 0.6 is 11.3 Å². The number of nitrogens with zero attached hydrogens (tertiary/aromatic N) is 2. The number of anilines is 1. The highest BCUT2D eigenvalue weighted by atomic mass is 32.1. The third-order valence-corrected chi connectivity index (χ3v) is 4.32. The zero-order valence-corrected chi connectivity index (χ0v) is 13.6. The second-order valence-electron chi connectivity index (χ2n) is 5.31. The molecule has 2 heterocycles. The number of nitrogens with one attached hydrogen (secondary N) is 1. The van der Waals surface area contributed by atoms with Gasteiger partial charge in [-0.3, -0.25) is 10.1 Å². The van der Waals surface area contributed by atoms with Crippen LogP contribution in [-0.4, -0.2) is 15.5 Å². The van der Waals surface area contributed by atoms with Gasteiger partial charge in [0.25, 0.3) is 5.91 Å². The number of carbonyl (C=O) groups excluding carboxylic acids is 1. The molecule has 5 heteroatoms. The van der Waals surface area contributed by atoms with Gasteiger partial charge in [-0.15, -0.1) is 11.3 Å². The Morgan fingerprint density at radius 1 is 1.27 bits per heavy atom. The predicted molar refractivity (Wildman–Crippen MR) is 90.4 cm³/mol. The van der Waals surface area contributed by atoms with E-state index >= 15 is 0 Å². The van der Waals surface area contributed by atoms with Crippen molar-refractivity contribution in [2.24, 2.45) is 7.05 Å². The lowest BCUT2D eigenvalue weighted by Crippen LogP contribution is -2.15. The second-order valence-corrected chi connectivity index (χ2v) is 6.17. The van der Waals surface area contributed by atoms with Crippen molar-refractivity contribution in [1.82, 2.24) is 9.55 Å². The number of hydrogen-bond acceptors (Lipinski definition) is 3. The van der Waals surface area contributed by atoms with Gasteiger partial charge in [-0.2, -0.15) is 0 Å². The lowest BCUT2D eigenvalue weighted by molar-refractivity contribution is 0.101. The summed E-state index contributed by atoms with van der Waals surface area (Å²) in [7, 11) is 1.85. The van der Waals surface area contributed by atoms with Crippen LogP contribution in [-0.2, 0) is 7.05 Å². The molecule has 1 aromatic carbocycles. The van der Waals surface area contributed by atoms with Crippen LogP contribution in [0.3, 0.4) is 0 Å². The number of thiazole rings is 1. The zero-order chi connectivity index (χ0) is 15.7. The highest BCUT2D eigenvalue weighted by molar-refractivity contribution is 7.14. The maximum Gasteiger partial charge on any atom is 0.274 e. The summed E-state index contributed by atoms with van der Waals surface area (Å²) in [5, 5.41) is 5.44. The molecule has 0 aliphatic heterocycles. The van der Waals surface area contributed by atoms with E-state index in [1.54, 1.807) is 10.6 Å². The van der Waals surface area contributed by atoms with E-state index in [4.69, 9.17) is 0 Å². The summed E-state index contributed by atoms with van der Waals surface area (Å²) < 4.78 is 1.79. The monoisotopic (exact) mass is 311 g/mol. The lowest BCUT2D eigenvalue weighted by Gasteiger charge is -2.04. The van der Waals surface area contributed by atoms with Gasteiger partial charge in [0, 0.05) is 24.2 Å². The average Bonchev–Trinajstić information content (AvgIpc) is 3.08. The number of aromatic nitrogens is 2. The fourth-order valence-corrected chi connectivity index (χ4v) is 3.12. The Morgan fingerprint density at radius 3 is 2.77 bits per heavy atom. The quantitative estimate of drug-likeness (QED) is 0.794. The Morgan fingerprint density at radius 2 is 2.09 bits per heavy atom. The molecular weight excluding hydrogens is 294 g/mol. The summed E-state index contributed by atoms with van der Waals surface area (Å²) in [6.45, 7) is 4.15. The van der Waals surface area contributed by atoms with Crippen molar-refractivity contribution >= 4 is 22.4 Å². The first-order valence-corrected chi connectivity index (χ1v) is 7.88. The first-order valence-electron chi connectivity index (χ1n) is 7.00. The Hall–Kier alpha value is -2.40. The van der Waals surface area contributed by atoms with Crippen molar-refractivity contribution in [2.45, 2.75) is 13.8 Å². The molecule has 0 unspecified atom stereocenters. The maximum absolute atomic E-state index is 12.2. The highest BCUT2D eigenvalue weighted by Gasteiger charge is 2.12. The zero-order valence-electron chi connectivity index (χ0n) is 12.8. The Balaban J connectivity index is 1.82. The molecule has 0 saturated heterocycles. The normalized spacial score (nSPS) is 10.7. The first kappa shape index (κ1) is 14.5. The average molecular weight is 311 g/mol. The van der Waals surface area contributed by atoms with E-state index in [1.807, 2.05) is 24.7 Å². The van der Waals surface area contributed by atoms with Gasteiger partial charge in [-0.25, -0.2) is 4.98 Å². The fraction of sp³-hybridized carbons (Fsp3) is 0.176. The van der Waals surface area contributed by atoms with E-state index in [-0.39, 0.29) is 5.91 Å². The molecule has 0 aliphatic rings. The van der Waals surface area contributed by atoms with Crippen LogP contribution in [0.5, 0.6) is 0 Å². The standard InChI is InChI=1S/C17H17N3OS/c1-11-6-7-13(12(2)9-11)14-10-22-17(18-14)19-16(21)15-5-4-8-20(15)3/h4-10H,1-3H3,(H,18,19,21). The Labute approximate surface area is 133 Å². The van der Waals surface area contributed by atoms with Crippen LogP contribution in [0.25, 0.3) is 11.3 Å². The minimum atomic E-state index is -0.144. The molecule has 0 fully saturated rings. The number of benzene rings is 1. The molecule has 0 spiro atoms. The molecule has 22 heavy (non-hydrogen) atoms. The molecule has 0 radical (unpaired) electrons. The molecule has 3 aromatic rings. The Bertz CT molecular complexity index is 832. The summed E-state index contributed by atoms with van der Waals surface area (Å²) in [6.07, 6.45) is 1.85. The minimum Gasteiger partial charge on any atom is -0.347 e. The summed E-state index contributed by atoms with van der Waals surface area (Å²) in [5.41, 5.74) is 5.02. The van der Waals surface area contributed by atoms with Gasteiger partial charge < -0.3 is 4.57 Å². The lowest BCUT2D eigenvalue weighted by atomic mass is 10.0. The van der Waals surface area contributed by atoms with E-state index < -0.39 is 0 Å². The molecule has 1 N–H and O–H groups in total. The number of rotatable bonds is 3. The third-order valence-electron chi connectivity index (χ3n) is 3.56. The van der Waals surface area contributed by atoms with E-state index in [2.05, 4.69) is 42.3 Å². The molecule has 0 atom stereocenters. The van der Waals surface area contributed by atoms with Gasteiger partial charge in [0.05, 0.1) is 5.69 Å². The highest BCUT2D eigenvalue weighted by Crippen LogP contribution is 2.28. The van der Waals surface area contributed by atoms with Crippen LogP contribution in [0.1, 0.15) is 21.6 Å². The van der Waals surface area contributed by atoms with E-state index in [1.165, 1.54) is 22.5 Å². The van der Waals surface area contributed by atoms with Crippen molar-refractivity contribution in [1.29, 1.82) is 0 Å². The SMILES string of the molecule is Cc1ccc(-c2csc(NC(=O)c3cccn3C)n2)c(C)c1. The van der Waals surface area contributed by atoms with Crippen molar-refractivity contribution in [3.8, 4) is 11.3 Å². The number of carbonyl (C=O) groups is 1. The van der Waals surface area contributed by atoms with Gasteiger partial charge in [-0.1, -0.05) is 23.8 Å².